The molecule has 2 amide bonds. The standard InChI is InChI=1S/C30H37BrN4O3S/c1-19(2)13-25(34-30(37)28-15-21-5-3-4-6-27(21)39-28)29(36)33-22-10-12-35(18-22)17-20-7-8-26(24(31)14-20)38-23-9-11-32-16-23/h3-8,14-15,19,22-23,25,32H,9-13,16-18H2,1-2H3,(H,33,36)(H,34,37)/t22-,23?,25-/m0/s1. The molecule has 3 heterocycles. The van der Waals surface area contributed by atoms with Crippen LogP contribution in [0.3, 0.4) is 0 Å². The molecule has 2 fully saturated rings. The van der Waals surface area contributed by atoms with Gasteiger partial charge in [-0.15, -0.1) is 11.3 Å². The lowest BCUT2D eigenvalue weighted by molar-refractivity contribution is -0.124. The van der Waals surface area contributed by atoms with Gasteiger partial charge in [0.25, 0.3) is 5.91 Å². The van der Waals surface area contributed by atoms with E-state index in [-0.39, 0.29) is 29.9 Å². The van der Waals surface area contributed by atoms with E-state index in [1.165, 1.54) is 16.9 Å². The van der Waals surface area contributed by atoms with Gasteiger partial charge in [0.2, 0.25) is 5.91 Å². The SMILES string of the molecule is CC(C)C[C@H](NC(=O)c1cc2ccccc2s1)C(=O)N[C@H]1CCN(Cc2ccc(OC3CCNC3)c(Br)c2)C1. The number of ether oxygens (including phenoxy) is 1. The Morgan fingerprint density at radius 1 is 1.18 bits per heavy atom. The number of thiophene rings is 1. The second kappa shape index (κ2) is 12.8. The highest BCUT2D eigenvalue weighted by Gasteiger charge is 2.29. The fourth-order valence-corrected chi connectivity index (χ4v) is 6.81. The van der Waals surface area contributed by atoms with Crippen LogP contribution < -0.4 is 20.7 Å². The molecular weight excluding hydrogens is 576 g/mol. The van der Waals surface area contributed by atoms with Crippen molar-refractivity contribution in [3.05, 3.63) is 63.4 Å². The molecular formula is C30H37BrN4O3S. The number of nitrogens with one attached hydrogen (secondary N) is 3. The molecule has 3 aromatic rings. The van der Waals surface area contributed by atoms with Crippen LogP contribution in [0.25, 0.3) is 10.1 Å². The van der Waals surface area contributed by atoms with Crippen LogP contribution in [0.4, 0.5) is 0 Å². The first-order chi connectivity index (χ1) is 18.8. The Morgan fingerprint density at radius 2 is 2.03 bits per heavy atom. The predicted molar refractivity (Wildman–Crippen MR) is 160 cm³/mol. The smallest absolute Gasteiger partial charge is 0.262 e. The number of rotatable bonds is 10. The van der Waals surface area contributed by atoms with E-state index in [1.807, 2.05) is 36.4 Å². The monoisotopic (exact) mass is 612 g/mol. The predicted octanol–water partition coefficient (Wildman–Crippen LogP) is 4.94. The highest BCUT2D eigenvalue weighted by atomic mass is 79.9. The van der Waals surface area contributed by atoms with E-state index >= 15 is 0 Å². The Labute approximate surface area is 242 Å². The maximum Gasteiger partial charge on any atom is 0.262 e. The molecule has 2 aromatic carbocycles. The molecule has 0 radical (unpaired) electrons. The van der Waals surface area contributed by atoms with Gasteiger partial charge in [-0.3, -0.25) is 14.5 Å². The number of nitrogens with zero attached hydrogens (tertiary/aromatic N) is 1. The number of carbonyl (C=O) groups excluding carboxylic acids is 2. The fourth-order valence-electron chi connectivity index (χ4n) is 5.33. The average Bonchev–Trinajstić information content (AvgIpc) is 3.66. The third kappa shape index (κ3) is 7.39. The van der Waals surface area contributed by atoms with Gasteiger partial charge in [0.15, 0.2) is 0 Å². The zero-order valence-electron chi connectivity index (χ0n) is 22.5. The third-order valence-electron chi connectivity index (χ3n) is 7.31. The largest absolute Gasteiger partial charge is 0.488 e. The van der Waals surface area contributed by atoms with E-state index in [2.05, 4.69) is 62.8 Å². The van der Waals surface area contributed by atoms with E-state index in [0.717, 1.165) is 65.9 Å². The average molecular weight is 614 g/mol. The molecule has 2 saturated heterocycles. The molecule has 5 rings (SSSR count). The van der Waals surface area contributed by atoms with Crippen LogP contribution in [0.2, 0.25) is 0 Å². The van der Waals surface area contributed by atoms with Crippen LogP contribution >= 0.6 is 27.3 Å². The highest BCUT2D eigenvalue weighted by Crippen LogP contribution is 2.29. The first-order valence-electron chi connectivity index (χ1n) is 13.8. The lowest BCUT2D eigenvalue weighted by atomic mass is 10.0. The number of likely N-dealkylation sites (tertiary alicyclic amines) is 1. The number of halogens is 1. The maximum atomic E-state index is 13.3. The van der Waals surface area contributed by atoms with Crippen molar-refractivity contribution >= 4 is 49.2 Å². The van der Waals surface area contributed by atoms with Gasteiger partial charge in [0.1, 0.15) is 17.9 Å². The summed E-state index contributed by atoms with van der Waals surface area (Å²) < 4.78 is 8.16. The van der Waals surface area contributed by atoms with Gasteiger partial charge in [-0.05, 0) is 82.9 Å². The molecule has 0 spiro atoms. The van der Waals surface area contributed by atoms with Crippen molar-refractivity contribution < 1.29 is 14.3 Å². The van der Waals surface area contributed by atoms with Crippen molar-refractivity contribution in [1.29, 1.82) is 0 Å². The van der Waals surface area contributed by atoms with Gasteiger partial charge >= 0.3 is 0 Å². The molecule has 2 aliphatic rings. The number of amides is 2. The molecule has 0 bridgehead atoms. The van der Waals surface area contributed by atoms with E-state index in [4.69, 9.17) is 4.74 Å². The van der Waals surface area contributed by atoms with Crippen molar-refractivity contribution in [2.45, 2.75) is 57.8 Å². The minimum atomic E-state index is -0.560. The fraction of sp³-hybridized carbons (Fsp3) is 0.467. The van der Waals surface area contributed by atoms with E-state index in [1.54, 1.807) is 0 Å². The van der Waals surface area contributed by atoms with Gasteiger partial charge in [0.05, 0.1) is 9.35 Å². The Kier molecular flexibility index (Phi) is 9.22. The highest BCUT2D eigenvalue weighted by molar-refractivity contribution is 9.10. The number of hydrogen-bond donors (Lipinski definition) is 3. The number of carbonyl (C=O) groups is 2. The van der Waals surface area contributed by atoms with Crippen molar-refractivity contribution in [3.8, 4) is 5.75 Å². The Balaban J connectivity index is 1.14. The summed E-state index contributed by atoms with van der Waals surface area (Å²) in [5.74, 6) is 0.870. The molecule has 208 valence electrons. The van der Waals surface area contributed by atoms with Crippen LogP contribution in [0.15, 0.2) is 53.0 Å². The minimum Gasteiger partial charge on any atom is -0.488 e. The quantitative estimate of drug-likeness (QED) is 0.302. The lowest BCUT2D eigenvalue weighted by Crippen LogP contribution is -2.50. The van der Waals surface area contributed by atoms with E-state index < -0.39 is 6.04 Å². The molecule has 3 N–H and O–H groups in total. The topological polar surface area (TPSA) is 82.7 Å². The molecule has 0 aliphatic carbocycles. The zero-order chi connectivity index (χ0) is 27.4. The maximum absolute atomic E-state index is 13.3. The van der Waals surface area contributed by atoms with Gasteiger partial charge in [0, 0.05) is 36.9 Å². The van der Waals surface area contributed by atoms with Crippen LogP contribution in [-0.2, 0) is 11.3 Å². The Morgan fingerprint density at radius 3 is 2.77 bits per heavy atom. The van der Waals surface area contributed by atoms with Gasteiger partial charge in [-0.1, -0.05) is 38.1 Å². The summed E-state index contributed by atoms with van der Waals surface area (Å²) >= 11 is 5.13. The molecule has 3 atom stereocenters. The second-order valence-corrected chi connectivity index (χ2v) is 13.0. The molecule has 1 aromatic heterocycles. The molecule has 39 heavy (non-hydrogen) atoms. The van der Waals surface area contributed by atoms with Crippen molar-refractivity contribution in [3.63, 3.8) is 0 Å². The van der Waals surface area contributed by atoms with Gasteiger partial charge in [-0.2, -0.15) is 0 Å². The summed E-state index contributed by atoms with van der Waals surface area (Å²) in [6.07, 6.45) is 2.74. The number of fused-ring (bicyclic) bond motifs is 1. The summed E-state index contributed by atoms with van der Waals surface area (Å²) in [5.41, 5.74) is 1.21. The molecule has 1 unspecified atom stereocenters. The van der Waals surface area contributed by atoms with Crippen LogP contribution in [0, 0.1) is 5.92 Å². The first-order valence-corrected chi connectivity index (χ1v) is 15.4. The number of benzene rings is 2. The lowest BCUT2D eigenvalue weighted by Gasteiger charge is -2.23. The molecule has 0 saturated carbocycles. The summed E-state index contributed by atoms with van der Waals surface area (Å²) in [6.45, 7) is 8.55. The van der Waals surface area contributed by atoms with Crippen molar-refractivity contribution in [2.24, 2.45) is 5.92 Å². The van der Waals surface area contributed by atoms with Crippen LogP contribution in [0.5, 0.6) is 5.75 Å². The van der Waals surface area contributed by atoms with Crippen molar-refractivity contribution in [1.82, 2.24) is 20.9 Å². The normalized spacial score (nSPS) is 20.4. The Hall–Kier alpha value is -2.46. The van der Waals surface area contributed by atoms with E-state index in [9.17, 15) is 9.59 Å². The molecule has 9 heteroatoms. The van der Waals surface area contributed by atoms with Gasteiger partial charge in [-0.25, -0.2) is 0 Å². The van der Waals surface area contributed by atoms with E-state index in [0.29, 0.717) is 11.3 Å². The summed E-state index contributed by atoms with van der Waals surface area (Å²) in [6, 6.07) is 15.6. The van der Waals surface area contributed by atoms with Crippen molar-refractivity contribution in [2.75, 3.05) is 26.2 Å². The molecule has 7 nitrogen and oxygen atoms in total. The van der Waals surface area contributed by atoms with Crippen LogP contribution in [0.1, 0.15) is 48.3 Å². The summed E-state index contributed by atoms with van der Waals surface area (Å²) in [4.78, 5) is 29.3. The third-order valence-corrected chi connectivity index (χ3v) is 9.04. The zero-order valence-corrected chi connectivity index (χ0v) is 24.9. The summed E-state index contributed by atoms with van der Waals surface area (Å²) in [7, 11) is 0. The molecule has 2 aliphatic heterocycles. The van der Waals surface area contributed by atoms with Gasteiger partial charge < -0.3 is 20.7 Å². The second-order valence-electron chi connectivity index (χ2n) is 11.0. The minimum absolute atomic E-state index is 0.0642. The summed E-state index contributed by atoms with van der Waals surface area (Å²) in [5, 5.41) is 10.6. The number of hydrogen-bond acceptors (Lipinski definition) is 6. The Bertz CT molecular complexity index is 1270. The first kappa shape index (κ1) is 28.1. The van der Waals surface area contributed by atoms with Crippen LogP contribution in [-0.4, -0.2) is 61.1 Å².